The molecule has 11 heteroatoms. The van der Waals surface area contributed by atoms with E-state index in [4.69, 9.17) is 4.74 Å². The van der Waals surface area contributed by atoms with E-state index < -0.39 is 17.8 Å². The number of hydrogen-bond acceptors (Lipinski definition) is 6. The highest BCUT2D eigenvalue weighted by atomic mass is 19.4. The maximum absolute atomic E-state index is 13.6. The van der Waals surface area contributed by atoms with Crippen molar-refractivity contribution in [2.24, 2.45) is 0 Å². The number of halogens is 3. The number of fused-ring (bicyclic) bond motifs is 1. The number of anilines is 2. The van der Waals surface area contributed by atoms with Crippen LogP contribution in [0.3, 0.4) is 0 Å². The van der Waals surface area contributed by atoms with Crippen molar-refractivity contribution >= 4 is 28.3 Å². The average Bonchev–Trinajstić information content (AvgIpc) is 3.25. The summed E-state index contributed by atoms with van der Waals surface area (Å²) in [4.78, 5) is 20.0. The number of ether oxygens (including phenoxy) is 1. The van der Waals surface area contributed by atoms with Crippen LogP contribution in [0.2, 0.25) is 0 Å². The number of carbonyl (C=O) groups excluding carboxylic acids is 1. The van der Waals surface area contributed by atoms with Gasteiger partial charge in [0.05, 0.1) is 11.7 Å². The maximum Gasteiger partial charge on any atom is 0.433 e. The first-order valence-corrected chi connectivity index (χ1v) is 10.6. The van der Waals surface area contributed by atoms with Gasteiger partial charge in [0, 0.05) is 29.1 Å². The first kappa shape index (κ1) is 23.3. The molecule has 0 spiro atoms. The Morgan fingerprint density at radius 1 is 1.26 bits per heavy atom. The molecule has 8 nitrogen and oxygen atoms in total. The van der Waals surface area contributed by atoms with Crippen LogP contribution >= 0.6 is 0 Å². The van der Waals surface area contributed by atoms with E-state index in [1.807, 2.05) is 13.8 Å². The molecule has 178 valence electrons. The summed E-state index contributed by atoms with van der Waals surface area (Å²) in [6.07, 6.45) is 2.42. The number of alkyl halides is 3. The lowest BCUT2D eigenvalue weighted by Gasteiger charge is -2.19. The number of H-pyrrole nitrogens is 1. The molecular weight excluding hydrogens is 449 g/mol. The Morgan fingerprint density at radius 3 is 2.85 bits per heavy atom. The molecule has 1 unspecified atom stereocenters. The highest BCUT2D eigenvalue weighted by molar-refractivity contribution is 5.82. The Hall–Kier alpha value is -3.89. The molecule has 1 aliphatic rings. The van der Waals surface area contributed by atoms with Crippen LogP contribution in [0.1, 0.15) is 37.7 Å². The Kier molecular flexibility index (Phi) is 6.53. The fraction of sp³-hybridized carbons (Fsp3) is 0.304. The van der Waals surface area contributed by atoms with Gasteiger partial charge in [-0.1, -0.05) is 6.08 Å². The summed E-state index contributed by atoms with van der Waals surface area (Å²) in [5, 5.41) is 13.2. The molecule has 34 heavy (non-hydrogen) atoms. The molecule has 3 N–H and O–H groups in total. The third-order valence-electron chi connectivity index (χ3n) is 4.94. The van der Waals surface area contributed by atoms with Crippen LogP contribution in [0.25, 0.3) is 10.9 Å². The summed E-state index contributed by atoms with van der Waals surface area (Å²) in [5.74, 6) is -0.452. The molecule has 1 aliphatic carbocycles. The zero-order valence-electron chi connectivity index (χ0n) is 18.5. The lowest BCUT2D eigenvalue weighted by Crippen LogP contribution is -2.33. The molecule has 0 radical (unpaired) electrons. The Balaban J connectivity index is 1.58. The molecule has 0 aliphatic heterocycles. The van der Waals surface area contributed by atoms with Crippen molar-refractivity contribution in [3.63, 3.8) is 0 Å². The lowest BCUT2D eigenvalue weighted by molar-refractivity contribution is -0.141. The first-order chi connectivity index (χ1) is 16.2. The van der Waals surface area contributed by atoms with Gasteiger partial charge in [0.25, 0.3) is 5.91 Å². The number of aromatic amines is 1. The number of aromatic nitrogens is 4. The summed E-state index contributed by atoms with van der Waals surface area (Å²) >= 11 is 0. The van der Waals surface area contributed by atoms with Crippen LogP contribution in [0, 0.1) is 0 Å². The van der Waals surface area contributed by atoms with Gasteiger partial charge in [-0.05, 0) is 50.6 Å². The number of hydrogen-bond donors (Lipinski definition) is 3. The number of carbonyl (C=O) groups is 1. The van der Waals surface area contributed by atoms with Crippen molar-refractivity contribution in [3.8, 4) is 0 Å². The number of benzene rings is 1. The summed E-state index contributed by atoms with van der Waals surface area (Å²) in [7, 11) is 0. The van der Waals surface area contributed by atoms with Crippen LogP contribution in [-0.2, 0) is 15.7 Å². The van der Waals surface area contributed by atoms with E-state index in [9.17, 15) is 18.0 Å². The van der Waals surface area contributed by atoms with Gasteiger partial charge in [-0.25, -0.2) is 9.97 Å². The molecule has 1 atom stereocenters. The van der Waals surface area contributed by atoms with Gasteiger partial charge in [-0.3, -0.25) is 9.89 Å². The second kappa shape index (κ2) is 9.54. The molecule has 4 rings (SSSR count). The van der Waals surface area contributed by atoms with Crippen molar-refractivity contribution in [2.75, 3.05) is 11.9 Å². The van der Waals surface area contributed by atoms with E-state index in [0.717, 1.165) is 17.0 Å². The van der Waals surface area contributed by atoms with Crippen molar-refractivity contribution in [2.45, 2.75) is 38.4 Å². The Labute approximate surface area is 193 Å². The molecule has 0 fully saturated rings. The summed E-state index contributed by atoms with van der Waals surface area (Å²) in [6.45, 7) is 3.46. The highest BCUT2D eigenvalue weighted by Crippen LogP contribution is 2.33. The fourth-order valence-electron chi connectivity index (χ4n) is 3.45. The Bertz CT molecular complexity index is 1250. The second-order valence-electron chi connectivity index (χ2n) is 8.12. The van der Waals surface area contributed by atoms with Crippen molar-refractivity contribution in [1.29, 1.82) is 0 Å². The second-order valence-corrected chi connectivity index (χ2v) is 8.12. The van der Waals surface area contributed by atoms with E-state index in [0.29, 0.717) is 17.9 Å². The largest absolute Gasteiger partial charge is 0.484 e. The van der Waals surface area contributed by atoms with Crippen molar-refractivity contribution in [3.05, 3.63) is 66.0 Å². The minimum absolute atomic E-state index is 0.00111. The number of amides is 1. The van der Waals surface area contributed by atoms with Crippen LogP contribution in [0.4, 0.5) is 24.7 Å². The summed E-state index contributed by atoms with van der Waals surface area (Å²) in [5.41, 5.74) is 0.315. The lowest BCUT2D eigenvalue weighted by atomic mass is 9.99. The molecule has 2 aromatic heterocycles. The normalized spacial score (nSPS) is 15.9. The molecule has 0 saturated carbocycles. The third kappa shape index (κ3) is 5.72. The number of allylic oxidation sites excluding steroid dienone is 3. The minimum Gasteiger partial charge on any atom is -0.484 e. The maximum atomic E-state index is 13.6. The number of nitrogens with one attached hydrogen (secondary N) is 3. The van der Waals surface area contributed by atoms with E-state index in [1.54, 1.807) is 42.6 Å². The molecule has 3 aromatic rings. The number of nitrogens with zero attached hydrogens (tertiary/aromatic N) is 3. The predicted octanol–water partition coefficient (Wildman–Crippen LogP) is 4.58. The van der Waals surface area contributed by atoms with Gasteiger partial charge in [-0.2, -0.15) is 18.3 Å². The van der Waals surface area contributed by atoms with Gasteiger partial charge in [0.2, 0.25) is 0 Å². The van der Waals surface area contributed by atoms with E-state index >= 15 is 0 Å². The molecule has 0 bridgehead atoms. The zero-order chi connectivity index (χ0) is 24.3. The van der Waals surface area contributed by atoms with Crippen LogP contribution in [-0.4, -0.2) is 38.7 Å². The van der Waals surface area contributed by atoms with Gasteiger partial charge < -0.3 is 15.4 Å². The fourth-order valence-corrected chi connectivity index (χ4v) is 3.45. The topological polar surface area (TPSA) is 105 Å². The first-order valence-electron chi connectivity index (χ1n) is 10.6. The molecular formula is C23H23F3N6O2. The van der Waals surface area contributed by atoms with Gasteiger partial charge in [0.15, 0.2) is 6.61 Å². The van der Waals surface area contributed by atoms with E-state index in [-0.39, 0.29) is 30.2 Å². The number of rotatable bonds is 7. The quantitative estimate of drug-likeness (QED) is 0.465. The van der Waals surface area contributed by atoms with E-state index in [2.05, 4.69) is 30.8 Å². The third-order valence-corrected chi connectivity index (χ3v) is 4.94. The standard InChI is InChI=1S/C23H23F3N6O2/c1-13(2)28-21(33)12-34-17-5-3-4-14(9-17)22-30-19(23(24,25)26)10-20(31-22)29-16-6-7-18-15(8-16)11-27-32-18/h3,5-11,13-14H,4,12H2,1-2H3,(H,27,32)(H,28,33)(H,29,30,31). The predicted molar refractivity (Wildman–Crippen MR) is 120 cm³/mol. The highest BCUT2D eigenvalue weighted by Gasteiger charge is 2.34. The SMILES string of the molecule is CC(C)NC(=O)COC1=CC(c2nc(Nc3ccc4[nH]ncc4c3)cc(C(F)(F)F)n2)CC=C1. The summed E-state index contributed by atoms with van der Waals surface area (Å²) < 4.78 is 46.3. The monoisotopic (exact) mass is 472 g/mol. The molecule has 2 heterocycles. The van der Waals surface area contributed by atoms with Crippen LogP contribution in [0.15, 0.2) is 54.4 Å². The zero-order valence-corrected chi connectivity index (χ0v) is 18.5. The molecule has 1 amide bonds. The van der Waals surface area contributed by atoms with Crippen molar-refractivity contribution in [1.82, 2.24) is 25.5 Å². The summed E-state index contributed by atoms with van der Waals surface area (Å²) in [6, 6.07) is 6.08. The Morgan fingerprint density at radius 2 is 2.09 bits per heavy atom. The van der Waals surface area contributed by atoms with Crippen molar-refractivity contribution < 1.29 is 22.7 Å². The minimum atomic E-state index is -4.65. The van der Waals surface area contributed by atoms with E-state index in [1.165, 1.54) is 0 Å². The molecule has 1 aromatic carbocycles. The molecule has 0 saturated heterocycles. The van der Waals surface area contributed by atoms with Crippen LogP contribution in [0.5, 0.6) is 0 Å². The average molecular weight is 472 g/mol. The van der Waals surface area contributed by atoms with Crippen LogP contribution < -0.4 is 10.6 Å². The van der Waals surface area contributed by atoms with Gasteiger partial charge in [-0.15, -0.1) is 0 Å². The van der Waals surface area contributed by atoms with Gasteiger partial charge in [0.1, 0.15) is 23.1 Å². The smallest absolute Gasteiger partial charge is 0.433 e. The van der Waals surface area contributed by atoms with Gasteiger partial charge >= 0.3 is 6.18 Å².